The average Bonchev–Trinajstić information content (AvgIpc) is 2.41. The summed E-state index contributed by atoms with van der Waals surface area (Å²) in [5.41, 5.74) is 0. The number of hydrogen-bond donors (Lipinski definition) is 0. The fourth-order valence-corrected chi connectivity index (χ4v) is 3.53. The summed E-state index contributed by atoms with van der Waals surface area (Å²) < 4.78 is 0. The molecule has 108 valence electrons. The molecule has 0 heteroatoms. The van der Waals surface area contributed by atoms with Crippen molar-refractivity contribution in [1.82, 2.24) is 0 Å². The second kappa shape index (κ2) is 10.9. The molecule has 0 saturated heterocycles. The molecule has 0 nitrogen and oxygen atoms in total. The van der Waals surface area contributed by atoms with Crippen molar-refractivity contribution in [3.8, 4) is 0 Å². The van der Waals surface area contributed by atoms with Gasteiger partial charge in [-0.05, 0) is 11.8 Å². The van der Waals surface area contributed by atoms with Crippen molar-refractivity contribution in [1.29, 1.82) is 0 Å². The lowest BCUT2D eigenvalue weighted by Crippen LogP contribution is -2.14. The van der Waals surface area contributed by atoms with Crippen LogP contribution in [0.1, 0.15) is 104 Å². The minimum atomic E-state index is 1.09. The Balaban J connectivity index is 1.95. The quantitative estimate of drug-likeness (QED) is 0.378. The van der Waals surface area contributed by atoms with Crippen molar-refractivity contribution in [3.05, 3.63) is 0 Å². The topological polar surface area (TPSA) is 0 Å². The van der Waals surface area contributed by atoms with Crippen LogP contribution < -0.4 is 0 Å². The lowest BCUT2D eigenvalue weighted by molar-refractivity contribution is 0.244. The Labute approximate surface area is 116 Å². The van der Waals surface area contributed by atoms with Gasteiger partial charge in [-0.1, -0.05) is 104 Å². The Hall–Kier alpha value is 0. The predicted octanol–water partition coefficient (Wildman–Crippen LogP) is 6.73. The van der Waals surface area contributed by atoms with E-state index in [0.717, 1.165) is 11.8 Å². The molecule has 0 unspecified atom stereocenters. The molecule has 1 rings (SSSR count). The molecular weight excluding hydrogens is 216 g/mol. The monoisotopic (exact) mass is 252 g/mol. The fraction of sp³-hybridized carbons (Fsp3) is 1.00. The summed E-state index contributed by atoms with van der Waals surface area (Å²) in [6, 6.07) is 0. The van der Waals surface area contributed by atoms with E-state index >= 15 is 0 Å². The van der Waals surface area contributed by atoms with Crippen LogP contribution in [0.5, 0.6) is 0 Å². The molecule has 0 bridgehead atoms. The van der Waals surface area contributed by atoms with Crippen molar-refractivity contribution in [2.24, 2.45) is 11.8 Å². The lowest BCUT2D eigenvalue weighted by atomic mass is 9.78. The van der Waals surface area contributed by atoms with Gasteiger partial charge < -0.3 is 0 Å². The van der Waals surface area contributed by atoms with E-state index in [4.69, 9.17) is 0 Å². The van der Waals surface area contributed by atoms with Crippen molar-refractivity contribution in [3.63, 3.8) is 0 Å². The maximum atomic E-state index is 2.31. The highest BCUT2D eigenvalue weighted by atomic mass is 14.3. The van der Waals surface area contributed by atoms with E-state index < -0.39 is 0 Å². The molecule has 0 atom stereocenters. The van der Waals surface area contributed by atoms with Crippen molar-refractivity contribution < 1.29 is 0 Å². The second-order valence-electron chi connectivity index (χ2n) is 6.59. The number of hydrogen-bond acceptors (Lipinski definition) is 0. The molecule has 0 aliphatic heterocycles. The smallest absolute Gasteiger partial charge is 0.0414 e. The molecule has 0 aromatic heterocycles. The van der Waals surface area contributed by atoms with E-state index in [0.29, 0.717) is 0 Å². The number of unbranched alkanes of at least 4 members (excludes halogenated alkanes) is 6. The zero-order valence-electron chi connectivity index (χ0n) is 13.1. The van der Waals surface area contributed by atoms with Crippen LogP contribution in [0.25, 0.3) is 0 Å². The zero-order valence-corrected chi connectivity index (χ0v) is 13.1. The molecule has 18 heavy (non-hydrogen) atoms. The highest BCUT2D eigenvalue weighted by Crippen LogP contribution is 2.34. The Morgan fingerprint density at radius 1 is 0.556 bits per heavy atom. The molecule has 0 radical (unpaired) electrons. The SMILES string of the molecule is CCCCCCC1CCC(CCCCCC)CC1. The summed E-state index contributed by atoms with van der Waals surface area (Å²) >= 11 is 0. The van der Waals surface area contributed by atoms with Gasteiger partial charge in [0.25, 0.3) is 0 Å². The van der Waals surface area contributed by atoms with Crippen molar-refractivity contribution in [2.45, 2.75) is 104 Å². The Morgan fingerprint density at radius 3 is 1.28 bits per heavy atom. The van der Waals surface area contributed by atoms with Crippen LogP contribution in [0.2, 0.25) is 0 Å². The second-order valence-corrected chi connectivity index (χ2v) is 6.59. The van der Waals surface area contributed by atoms with Gasteiger partial charge in [0, 0.05) is 0 Å². The molecule has 0 aromatic rings. The van der Waals surface area contributed by atoms with E-state index in [2.05, 4.69) is 13.8 Å². The first-order valence-corrected chi connectivity index (χ1v) is 8.86. The molecule has 0 aromatic carbocycles. The minimum absolute atomic E-state index is 1.09. The summed E-state index contributed by atoms with van der Waals surface area (Å²) in [5, 5.41) is 0. The van der Waals surface area contributed by atoms with E-state index in [1.54, 1.807) is 25.7 Å². The largest absolute Gasteiger partial charge is 0.0654 e. The molecule has 0 N–H and O–H groups in total. The van der Waals surface area contributed by atoms with Gasteiger partial charge in [-0.3, -0.25) is 0 Å². The van der Waals surface area contributed by atoms with Crippen LogP contribution in [0.3, 0.4) is 0 Å². The summed E-state index contributed by atoms with van der Waals surface area (Å²) in [6.45, 7) is 4.62. The predicted molar refractivity (Wildman–Crippen MR) is 83.0 cm³/mol. The van der Waals surface area contributed by atoms with E-state index in [-0.39, 0.29) is 0 Å². The van der Waals surface area contributed by atoms with Gasteiger partial charge in [0.05, 0.1) is 0 Å². The Morgan fingerprint density at radius 2 is 0.944 bits per heavy atom. The average molecular weight is 252 g/mol. The fourth-order valence-electron chi connectivity index (χ4n) is 3.53. The zero-order chi connectivity index (χ0) is 13.1. The van der Waals surface area contributed by atoms with E-state index in [1.165, 1.54) is 64.2 Å². The third kappa shape index (κ3) is 7.44. The van der Waals surface area contributed by atoms with E-state index in [9.17, 15) is 0 Å². The highest BCUT2D eigenvalue weighted by Gasteiger charge is 2.20. The lowest BCUT2D eigenvalue weighted by Gasteiger charge is -2.28. The van der Waals surface area contributed by atoms with Gasteiger partial charge >= 0.3 is 0 Å². The van der Waals surface area contributed by atoms with Crippen LogP contribution in [0, 0.1) is 11.8 Å². The molecule has 1 aliphatic rings. The maximum Gasteiger partial charge on any atom is -0.0414 e. The summed E-state index contributed by atoms with van der Waals surface area (Å²) in [4.78, 5) is 0. The van der Waals surface area contributed by atoms with Gasteiger partial charge in [-0.25, -0.2) is 0 Å². The Bertz CT molecular complexity index is 145. The molecular formula is C18H36. The standard InChI is InChI=1S/C18H36/c1-3-5-7-9-11-17-13-15-18(16-14-17)12-10-8-6-4-2/h17-18H,3-16H2,1-2H3. The molecule has 0 amide bonds. The first-order valence-electron chi connectivity index (χ1n) is 8.86. The summed E-state index contributed by atoms with van der Waals surface area (Å²) in [7, 11) is 0. The normalized spacial score (nSPS) is 24.3. The van der Waals surface area contributed by atoms with E-state index in [1.807, 2.05) is 0 Å². The van der Waals surface area contributed by atoms with Gasteiger partial charge in [0.2, 0.25) is 0 Å². The van der Waals surface area contributed by atoms with Gasteiger partial charge in [-0.2, -0.15) is 0 Å². The third-order valence-corrected chi connectivity index (χ3v) is 4.90. The first kappa shape index (κ1) is 16.1. The van der Waals surface area contributed by atoms with Crippen LogP contribution in [0.4, 0.5) is 0 Å². The minimum Gasteiger partial charge on any atom is -0.0654 e. The third-order valence-electron chi connectivity index (χ3n) is 4.90. The van der Waals surface area contributed by atoms with Crippen LogP contribution in [-0.4, -0.2) is 0 Å². The van der Waals surface area contributed by atoms with Gasteiger partial charge in [0.1, 0.15) is 0 Å². The highest BCUT2D eigenvalue weighted by molar-refractivity contribution is 4.72. The summed E-state index contributed by atoms with van der Waals surface area (Å²) in [5.74, 6) is 2.18. The molecule has 1 fully saturated rings. The van der Waals surface area contributed by atoms with Crippen LogP contribution in [0.15, 0.2) is 0 Å². The maximum absolute atomic E-state index is 2.31. The molecule has 0 heterocycles. The van der Waals surface area contributed by atoms with Gasteiger partial charge in [-0.15, -0.1) is 0 Å². The Kier molecular flexibility index (Phi) is 9.70. The number of rotatable bonds is 10. The van der Waals surface area contributed by atoms with Crippen LogP contribution in [-0.2, 0) is 0 Å². The van der Waals surface area contributed by atoms with Crippen molar-refractivity contribution in [2.75, 3.05) is 0 Å². The summed E-state index contributed by atoms with van der Waals surface area (Å²) in [6.07, 6.45) is 20.9. The first-order chi connectivity index (χ1) is 8.86. The van der Waals surface area contributed by atoms with Crippen molar-refractivity contribution >= 4 is 0 Å². The molecule has 1 saturated carbocycles. The van der Waals surface area contributed by atoms with Crippen LogP contribution >= 0.6 is 0 Å². The van der Waals surface area contributed by atoms with Gasteiger partial charge in [0.15, 0.2) is 0 Å². The molecule has 1 aliphatic carbocycles. The molecule has 0 spiro atoms.